The van der Waals surface area contributed by atoms with Gasteiger partial charge in [0.25, 0.3) is 5.91 Å². The van der Waals surface area contributed by atoms with E-state index in [-0.39, 0.29) is 5.91 Å². The Bertz CT molecular complexity index is 508. The van der Waals surface area contributed by atoms with Gasteiger partial charge in [0.05, 0.1) is 11.8 Å². The first kappa shape index (κ1) is 13.7. The van der Waals surface area contributed by atoms with Gasteiger partial charge < -0.3 is 9.32 Å². The molecule has 2 fully saturated rings. The molecule has 0 unspecified atom stereocenters. The average molecular weight is 276 g/mol. The first-order valence-electron chi connectivity index (χ1n) is 7.59. The molecule has 1 aromatic rings. The van der Waals surface area contributed by atoms with Crippen molar-refractivity contribution in [2.75, 3.05) is 7.05 Å². The maximum absolute atomic E-state index is 12.8. The first-order valence-corrected chi connectivity index (χ1v) is 7.59. The van der Waals surface area contributed by atoms with Crippen molar-refractivity contribution < 1.29 is 9.21 Å². The monoisotopic (exact) mass is 276 g/mol. The minimum absolute atomic E-state index is 0.156. The van der Waals surface area contributed by atoms with Gasteiger partial charge in [0.1, 0.15) is 5.76 Å². The molecule has 3 rings (SSSR count). The summed E-state index contributed by atoms with van der Waals surface area (Å²) in [5, 5.41) is 0. The van der Waals surface area contributed by atoms with Crippen LogP contribution in [0, 0.1) is 6.92 Å². The smallest absolute Gasteiger partial charge is 0.257 e. The number of carbonyl (C=O) groups is 1. The fourth-order valence-electron chi connectivity index (χ4n) is 3.84. The molecule has 0 aliphatic carbocycles. The van der Waals surface area contributed by atoms with Crippen LogP contribution in [0.3, 0.4) is 0 Å². The number of carbonyl (C=O) groups excluding carboxylic acids is 1. The Morgan fingerprint density at radius 1 is 1.45 bits per heavy atom. The van der Waals surface area contributed by atoms with Gasteiger partial charge in [0.2, 0.25) is 0 Å². The highest BCUT2D eigenvalue weighted by atomic mass is 16.3. The van der Waals surface area contributed by atoms with Gasteiger partial charge >= 0.3 is 0 Å². The topological polar surface area (TPSA) is 36.7 Å². The zero-order chi connectivity index (χ0) is 14.4. The van der Waals surface area contributed by atoms with Crippen LogP contribution in [0.25, 0.3) is 0 Å². The summed E-state index contributed by atoms with van der Waals surface area (Å²) >= 11 is 0. The molecule has 3 atom stereocenters. The predicted octanol–water partition coefficient (Wildman–Crippen LogP) is 2.67. The Morgan fingerprint density at radius 2 is 2.20 bits per heavy atom. The molecular weight excluding hydrogens is 252 g/mol. The quantitative estimate of drug-likeness (QED) is 0.851. The van der Waals surface area contributed by atoms with Gasteiger partial charge in [-0.05, 0) is 53.1 Å². The summed E-state index contributed by atoms with van der Waals surface area (Å²) in [6.07, 6.45) is 5.00. The number of fused-ring (bicyclic) bond motifs is 2. The van der Waals surface area contributed by atoms with Crippen LogP contribution < -0.4 is 0 Å². The minimum atomic E-state index is 0.156. The van der Waals surface area contributed by atoms with Crippen molar-refractivity contribution in [3.05, 3.63) is 23.7 Å². The van der Waals surface area contributed by atoms with E-state index < -0.39 is 0 Å². The number of hydrogen-bond acceptors (Lipinski definition) is 3. The molecule has 4 heteroatoms. The number of hydrogen-bond donors (Lipinski definition) is 0. The third-order valence-electron chi connectivity index (χ3n) is 5.17. The summed E-state index contributed by atoms with van der Waals surface area (Å²) < 4.78 is 5.29. The molecule has 0 aromatic carbocycles. The van der Waals surface area contributed by atoms with Crippen molar-refractivity contribution in [3.63, 3.8) is 0 Å². The molecule has 0 spiro atoms. The fourth-order valence-corrected chi connectivity index (χ4v) is 3.84. The standard InChI is InChI=1S/C16H24N2O2/c1-10(2)17(4)15-9-12-5-6-14(15)18(12)16(19)13-7-8-20-11(13)3/h7-8,10,12,14-15H,5-6,9H2,1-4H3/t12-,14-,15+/m0/s1. The second-order valence-electron chi connectivity index (χ2n) is 6.46. The van der Waals surface area contributed by atoms with Gasteiger partial charge in [-0.1, -0.05) is 0 Å². The summed E-state index contributed by atoms with van der Waals surface area (Å²) in [6.45, 7) is 6.31. The number of likely N-dealkylation sites (N-methyl/N-ethyl adjacent to an activating group) is 1. The Labute approximate surface area is 120 Å². The van der Waals surface area contributed by atoms with Crippen LogP contribution in [0.15, 0.2) is 16.7 Å². The average Bonchev–Trinajstić information content (AvgIpc) is 3.10. The minimum Gasteiger partial charge on any atom is -0.469 e. The van der Waals surface area contributed by atoms with E-state index in [9.17, 15) is 4.79 Å². The van der Waals surface area contributed by atoms with Gasteiger partial charge in [-0.15, -0.1) is 0 Å². The largest absolute Gasteiger partial charge is 0.469 e. The van der Waals surface area contributed by atoms with Crippen LogP contribution in [0.1, 0.15) is 49.2 Å². The lowest BCUT2D eigenvalue weighted by atomic mass is 9.94. The van der Waals surface area contributed by atoms with Crippen molar-refractivity contribution >= 4 is 5.91 Å². The lowest BCUT2D eigenvalue weighted by Crippen LogP contribution is -2.46. The van der Waals surface area contributed by atoms with E-state index in [1.54, 1.807) is 12.3 Å². The molecule has 0 N–H and O–H groups in total. The van der Waals surface area contributed by atoms with Crippen LogP contribution in [-0.4, -0.2) is 46.9 Å². The van der Waals surface area contributed by atoms with E-state index in [2.05, 4.69) is 30.7 Å². The molecule has 20 heavy (non-hydrogen) atoms. The van der Waals surface area contributed by atoms with Crippen molar-refractivity contribution in [1.82, 2.24) is 9.80 Å². The molecule has 2 aliphatic heterocycles. The lowest BCUT2D eigenvalue weighted by molar-refractivity contribution is 0.0692. The summed E-state index contributed by atoms with van der Waals surface area (Å²) in [4.78, 5) is 17.3. The van der Waals surface area contributed by atoms with E-state index in [4.69, 9.17) is 4.42 Å². The second-order valence-corrected chi connectivity index (χ2v) is 6.46. The molecule has 2 saturated heterocycles. The third-order valence-corrected chi connectivity index (χ3v) is 5.17. The van der Waals surface area contributed by atoms with Crippen LogP contribution in [-0.2, 0) is 0 Å². The Balaban J connectivity index is 1.82. The van der Waals surface area contributed by atoms with Crippen LogP contribution in [0.2, 0.25) is 0 Å². The predicted molar refractivity (Wildman–Crippen MR) is 77.7 cm³/mol. The molecule has 1 aromatic heterocycles. The van der Waals surface area contributed by atoms with Crippen LogP contribution >= 0.6 is 0 Å². The van der Waals surface area contributed by atoms with Gasteiger partial charge in [0, 0.05) is 24.2 Å². The Morgan fingerprint density at radius 3 is 2.80 bits per heavy atom. The number of aryl methyl sites for hydroxylation is 1. The number of furan rings is 1. The van der Waals surface area contributed by atoms with Crippen molar-refractivity contribution in [1.29, 1.82) is 0 Å². The zero-order valence-electron chi connectivity index (χ0n) is 12.8. The lowest BCUT2D eigenvalue weighted by Gasteiger charge is -2.34. The van der Waals surface area contributed by atoms with E-state index in [0.29, 0.717) is 24.2 Å². The molecule has 2 bridgehead atoms. The second kappa shape index (κ2) is 4.92. The molecular formula is C16H24N2O2. The SMILES string of the molecule is Cc1occc1C(=O)N1[C@H]2CC[C@H]1[C@H](N(C)C(C)C)C2. The fraction of sp³-hybridized carbons (Fsp3) is 0.688. The molecule has 4 nitrogen and oxygen atoms in total. The van der Waals surface area contributed by atoms with Gasteiger partial charge in [-0.2, -0.15) is 0 Å². The van der Waals surface area contributed by atoms with E-state index in [1.807, 2.05) is 6.92 Å². The van der Waals surface area contributed by atoms with E-state index in [0.717, 1.165) is 30.6 Å². The maximum Gasteiger partial charge on any atom is 0.257 e. The zero-order valence-corrected chi connectivity index (χ0v) is 12.8. The molecule has 1 amide bonds. The maximum atomic E-state index is 12.8. The first-order chi connectivity index (χ1) is 9.50. The molecule has 0 saturated carbocycles. The van der Waals surface area contributed by atoms with Crippen molar-refractivity contribution in [2.24, 2.45) is 0 Å². The summed E-state index contributed by atoms with van der Waals surface area (Å²) in [5.74, 6) is 0.887. The van der Waals surface area contributed by atoms with E-state index in [1.165, 1.54) is 0 Å². The van der Waals surface area contributed by atoms with Gasteiger partial charge in [-0.25, -0.2) is 0 Å². The molecule has 0 radical (unpaired) electrons. The Kier molecular flexibility index (Phi) is 3.36. The molecule has 2 aliphatic rings. The highest BCUT2D eigenvalue weighted by Gasteiger charge is 2.50. The van der Waals surface area contributed by atoms with Gasteiger partial charge in [0.15, 0.2) is 0 Å². The third kappa shape index (κ3) is 1.97. The van der Waals surface area contributed by atoms with Crippen molar-refractivity contribution in [3.8, 4) is 0 Å². The normalized spacial score (nSPS) is 28.9. The summed E-state index contributed by atoms with van der Waals surface area (Å²) in [5.41, 5.74) is 0.731. The van der Waals surface area contributed by atoms with Crippen LogP contribution in [0.5, 0.6) is 0 Å². The Hall–Kier alpha value is -1.29. The highest BCUT2D eigenvalue weighted by molar-refractivity contribution is 5.96. The summed E-state index contributed by atoms with van der Waals surface area (Å²) in [7, 11) is 2.18. The summed E-state index contributed by atoms with van der Waals surface area (Å²) in [6, 6.07) is 3.61. The molecule has 3 heterocycles. The number of amides is 1. The number of nitrogens with zero attached hydrogens (tertiary/aromatic N) is 2. The van der Waals surface area contributed by atoms with Crippen molar-refractivity contribution in [2.45, 2.75) is 64.2 Å². The van der Waals surface area contributed by atoms with Crippen LogP contribution in [0.4, 0.5) is 0 Å². The number of rotatable bonds is 3. The van der Waals surface area contributed by atoms with Gasteiger partial charge in [-0.3, -0.25) is 9.69 Å². The molecule has 110 valence electrons. The highest BCUT2D eigenvalue weighted by Crippen LogP contribution is 2.41. The van der Waals surface area contributed by atoms with E-state index >= 15 is 0 Å².